The number of carbonyl (C=O) groups excluding carboxylic acids is 2. The van der Waals surface area contributed by atoms with Gasteiger partial charge in [0.15, 0.2) is 0 Å². The highest BCUT2D eigenvalue weighted by Crippen LogP contribution is 2.26. The van der Waals surface area contributed by atoms with Gasteiger partial charge in [-0.3, -0.25) is 9.59 Å². The Bertz CT molecular complexity index is 330. The van der Waals surface area contributed by atoms with Crippen LogP contribution in [-0.4, -0.2) is 28.9 Å². The predicted molar refractivity (Wildman–Crippen MR) is 94.1 cm³/mol. The maximum atomic E-state index is 11.4. The second-order valence-electron chi connectivity index (χ2n) is 5.47. The minimum atomic E-state index is -1.55. The molecule has 0 aromatic heterocycles. The van der Waals surface area contributed by atoms with Crippen LogP contribution in [0.3, 0.4) is 0 Å². The molecule has 0 saturated carbocycles. The zero-order chi connectivity index (χ0) is 17.6. The Morgan fingerprint density at radius 2 is 1.26 bits per heavy atom. The summed E-state index contributed by atoms with van der Waals surface area (Å²) in [5.41, 5.74) is 0. The van der Waals surface area contributed by atoms with Crippen molar-refractivity contribution in [2.24, 2.45) is 0 Å². The van der Waals surface area contributed by atoms with E-state index in [1.54, 1.807) is 0 Å². The van der Waals surface area contributed by atoms with Crippen LogP contribution in [0, 0.1) is 0 Å². The fourth-order valence-corrected chi connectivity index (χ4v) is 2.05. The second kappa shape index (κ2) is 14.2. The third kappa shape index (κ3) is 18.0. The van der Waals surface area contributed by atoms with Gasteiger partial charge < -0.3 is 9.47 Å². The van der Waals surface area contributed by atoms with E-state index in [9.17, 15) is 9.59 Å². The van der Waals surface area contributed by atoms with Gasteiger partial charge in [0, 0.05) is 12.8 Å². The number of hydrogen-bond acceptors (Lipinski definition) is 4. The van der Waals surface area contributed by atoms with Gasteiger partial charge in [0.25, 0.3) is 0 Å². The van der Waals surface area contributed by atoms with Gasteiger partial charge in [0.05, 0.1) is 6.61 Å². The predicted octanol–water partition coefficient (Wildman–Crippen LogP) is 5.36. The molecule has 4 nitrogen and oxygen atoms in total. The van der Waals surface area contributed by atoms with Crippen molar-refractivity contribution in [3.05, 3.63) is 0 Å². The van der Waals surface area contributed by atoms with E-state index in [0.717, 1.165) is 51.4 Å². The third-order valence-electron chi connectivity index (χ3n) is 3.17. The zero-order valence-corrected chi connectivity index (χ0v) is 16.0. The first-order chi connectivity index (χ1) is 10.8. The summed E-state index contributed by atoms with van der Waals surface area (Å²) in [6, 6.07) is 0. The number of carbonyl (C=O) groups is 2. The number of ether oxygens (including phenoxy) is 2. The van der Waals surface area contributed by atoms with Crippen LogP contribution in [0.1, 0.15) is 71.1 Å². The standard InChI is InChI=1S/C16H27Cl3O4/c1-2-3-12-22-14(20)10-8-6-4-5-7-9-11-15(21)23-13-16(17,18)19/h2-13H2,1H3. The highest BCUT2D eigenvalue weighted by Gasteiger charge is 2.21. The van der Waals surface area contributed by atoms with Gasteiger partial charge in [0.2, 0.25) is 3.79 Å². The van der Waals surface area contributed by atoms with Gasteiger partial charge in [-0.05, 0) is 19.3 Å². The summed E-state index contributed by atoms with van der Waals surface area (Å²) in [4.78, 5) is 22.7. The maximum absolute atomic E-state index is 11.4. The summed E-state index contributed by atoms with van der Waals surface area (Å²) in [7, 11) is 0. The van der Waals surface area contributed by atoms with E-state index in [4.69, 9.17) is 44.3 Å². The molecule has 0 aliphatic rings. The summed E-state index contributed by atoms with van der Waals surface area (Å²) < 4.78 is 8.37. The molecule has 0 radical (unpaired) electrons. The highest BCUT2D eigenvalue weighted by molar-refractivity contribution is 6.67. The van der Waals surface area contributed by atoms with E-state index in [1.807, 2.05) is 0 Å². The summed E-state index contributed by atoms with van der Waals surface area (Å²) in [6.45, 7) is 2.38. The van der Waals surface area contributed by atoms with Crippen LogP contribution in [0.4, 0.5) is 0 Å². The van der Waals surface area contributed by atoms with Gasteiger partial charge in [-0.25, -0.2) is 0 Å². The lowest BCUT2D eigenvalue weighted by atomic mass is 10.1. The Balaban J connectivity index is 3.33. The smallest absolute Gasteiger partial charge is 0.305 e. The molecule has 0 saturated heterocycles. The van der Waals surface area contributed by atoms with Crippen LogP contribution >= 0.6 is 34.8 Å². The van der Waals surface area contributed by atoms with Crippen LogP contribution in [0.15, 0.2) is 0 Å². The molecule has 0 aromatic rings. The first-order valence-electron chi connectivity index (χ1n) is 8.23. The largest absolute Gasteiger partial charge is 0.466 e. The maximum Gasteiger partial charge on any atom is 0.305 e. The van der Waals surface area contributed by atoms with Crippen LogP contribution in [0.25, 0.3) is 0 Å². The Labute approximate surface area is 154 Å². The first kappa shape index (κ1) is 22.8. The topological polar surface area (TPSA) is 52.6 Å². The molecule has 0 rings (SSSR count). The Morgan fingerprint density at radius 3 is 1.74 bits per heavy atom. The number of hydrogen-bond donors (Lipinski definition) is 0. The molecule has 7 heteroatoms. The van der Waals surface area contributed by atoms with Crippen molar-refractivity contribution in [2.75, 3.05) is 13.2 Å². The first-order valence-corrected chi connectivity index (χ1v) is 9.36. The zero-order valence-electron chi connectivity index (χ0n) is 13.8. The molecule has 0 bridgehead atoms. The molecule has 23 heavy (non-hydrogen) atoms. The van der Waals surface area contributed by atoms with E-state index in [0.29, 0.717) is 19.4 Å². The normalized spacial score (nSPS) is 11.3. The molecule has 0 fully saturated rings. The van der Waals surface area contributed by atoms with Crippen molar-refractivity contribution in [1.82, 2.24) is 0 Å². The lowest BCUT2D eigenvalue weighted by Gasteiger charge is -2.11. The number of unbranched alkanes of at least 4 members (excludes halogenated alkanes) is 6. The van der Waals surface area contributed by atoms with Gasteiger partial charge in [-0.1, -0.05) is 73.8 Å². The number of esters is 2. The van der Waals surface area contributed by atoms with Gasteiger partial charge >= 0.3 is 11.9 Å². The second-order valence-corrected chi connectivity index (χ2v) is 7.99. The Morgan fingerprint density at radius 1 is 0.783 bits per heavy atom. The minimum Gasteiger partial charge on any atom is -0.466 e. The molecule has 0 N–H and O–H groups in total. The fraction of sp³-hybridized carbons (Fsp3) is 0.875. The summed E-state index contributed by atoms with van der Waals surface area (Å²) >= 11 is 16.5. The number of halogens is 3. The van der Waals surface area contributed by atoms with E-state index in [1.165, 1.54) is 0 Å². The molecule has 0 spiro atoms. The molecule has 0 unspecified atom stereocenters. The van der Waals surface area contributed by atoms with Gasteiger partial charge in [-0.15, -0.1) is 0 Å². The van der Waals surface area contributed by atoms with Crippen molar-refractivity contribution in [2.45, 2.75) is 74.9 Å². The highest BCUT2D eigenvalue weighted by atomic mass is 35.6. The summed E-state index contributed by atoms with van der Waals surface area (Å²) in [6.07, 6.45) is 8.44. The van der Waals surface area contributed by atoms with Crippen molar-refractivity contribution < 1.29 is 19.1 Å². The van der Waals surface area contributed by atoms with Gasteiger partial charge in [0.1, 0.15) is 6.61 Å². The molecule has 0 amide bonds. The van der Waals surface area contributed by atoms with Crippen molar-refractivity contribution in [1.29, 1.82) is 0 Å². The third-order valence-corrected chi connectivity index (χ3v) is 3.50. The number of rotatable bonds is 13. The summed E-state index contributed by atoms with van der Waals surface area (Å²) in [5, 5.41) is 0. The molecule has 0 aromatic carbocycles. The Hall–Kier alpha value is -0.190. The van der Waals surface area contributed by atoms with Crippen molar-refractivity contribution >= 4 is 46.7 Å². The molecular formula is C16H27Cl3O4. The fourth-order valence-electron chi connectivity index (χ4n) is 1.88. The number of alkyl halides is 3. The minimum absolute atomic E-state index is 0.102. The quantitative estimate of drug-likeness (QED) is 0.241. The lowest BCUT2D eigenvalue weighted by molar-refractivity contribution is -0.144. The van der Waals surface area contributed by atoms with Gasteiger partial charge in [-0.2, -0.15) is 0 Å². The molecule has 0 heterocycles. The van der Waals surface area contributed by atoms with Crippen LogP contribution in [0.5, 0.6) is 0 Å². The lowest BCUT2D eigenvalue weighted by Crippen LogP contribution is -2.17. The molecule has 0 atom stereocenters. The average Bonchev–Trinajstić information content (AvgIpc) is 2.47. The Kier molecular flexibility index (Phi) is 14.1. The molecule has 0 aliphatic carbocycles. The van der Waals surface area contributed by atoms with Crippen LogP contribution in [-0.2, 0) is 19.1 Å². The van der Waals surface area contributed by atoms with Crippen LogP contribution < -0.4 is 0 Å². The average molecular weight is 390 g/mol. The van der Waals surface area contributed by atoms with E-state index < -0.39 is 3.79 Å². The molecule has 0 aliphatic heterocycles. The van der Waals surface area contributed by atoms with E-state index in [-0.39, 0.29) is 18.5 Å². The SMILES string of the molecule is CCCCOC(=O)CCCCCCCCC(=O)OCC(Cl)(Cl)Cl. The monoisotopic (exact) mass is 388 g/mol. The molecule has 136 valence electrons. The summed E-state index contributed by atoms with van der Waals surface area (Å²) in [5.74, 6) is -0.443. The van der Waals surface area contributed by atoms with Crippen molar-refractivity contribution in [3.8, 4) is 0 Å². The van der Waals surface area contributed by atoms with Crippen molar-refractivity contribution in [3.63, 3.8) is 0 Å². The van der Waals surface area contributed by atoms with E-state index >= 15 is 0 Å². The molecular weight excluding hydrogens is 363 g/mol. The van der Waals surface area contributed by atoms with Crippen LogP contribution in [0.2, 0.25) is 0 Å². The van der Waals surface area contributed by atoms with E-state index in [2.05, 4.69) is 6.92 Å².